The van der Waals surface area contributed by atoms with Gasteiger partial charge in [-0.2, -0.15) is 0 Å². The smallest absolute Gasteiger partial charge is 0.251 e. The highest BCUT2D eigenvalue weighted by Gasteiger charge is 2.13. The molecule has 1 rings (SSSR count). The maximum absolute atomic E-state index is 13.8. The maximum Gasteiger partial charge on any atom is 0.251 e. The number of hydrogen-bond acceptors (Lipinski definition) is 3. The van der Waals surface area contributed by atoms with E-state index in [0.29, 0.717) is 0 Å². The Hall–Kier alpha value is -2.39. The molecule has 0 heterocycles. The van der Waals surface area contributed by atoms with Gasteiger partial charge >= 0.3 is 0 Å². The molecule has 0 bridgehead atoms. The number of aliphatic hydroxyl groups is 1. The third kappa shape index (κ3) is 5.63. The van der Waals surface area contributed by atoms with Crippen LogP contribution in [0, 0.1) is 17.7 Å². The molecule has 0 spiro atoms. The Kier molecular flexibility index (Phi) is 6.37. The van der Waals surface area contributed by atoms with Gasteiger partial charge in [0.15, 0.2) is 0 Å². The summed E-state index contributed by atoms with van der Waals surface area (Å²) >= 11 is 0. The molecule has 1 atom stereocenters. The molecule has 0 aliphatic rings. The van der Waals surface area contributed by atoms with Crippen LogP contribution < -0.4 is 11.1 Å². The Bertz CT molecular complexity index is 590. The summed E-state index contributed by atoms with van der Waals surface area (Å²) < 4.78 is 13.8. The lowest BCUT2D eigenvalue weighted by atomic mass is 10.1. The van der Waals surface area contributed by atoms with Gasteiger partial charge in [0.2, 0.25) is 5.91 Å². The normalized spacial score (nSPS) is 11.2. The summed E-state index contributed by atoms with van der Waals surface area (Å²) in [5.74, 6) is 3.54. The second kappa shape index (κ2) is 8.02. The van der Waals surface area contributed by atoms with Crippen LogP contribution in [0.25, 0.3) is 0 Å². The van der Waals surface area contributed by atoms with Crippen molar-refractivity contribution < 1.29 is 19.1 Å². The van der Waals surface area contributed by atoms with E-state index in [4.69, 9.17) is 10.8 Å². The maximum atomic E-state index is 13.8. The second-order valence-electron chi connectivity index (χ2n) is 4.51. The SMILES string of the molecule is CC(CC(N)=O)NC(=O)c1ccc(C#CCCO)c(F)c1. The summed E-state index contributed by atoms with van der Waals surface area (Å²) in [7, 11) is 0. The number of aliphatic hydroxyl groups excluding tert-OH is 1. The van der Waals surface area contributed by atoms with E-state index in [9.17, 15) is 14.0 Å². The number of halogens is 1. The molecule has 0 saturated carbocycles. The second-order valence-corrected chi connectivity index (χ2v) is 4.51. The molecule has 2 amide bonds. The highest BCUT2D eigenvalue weighted by Crippen LogP contribution is 2.10. The number of benzene rings is 1. The first kappa shape index (κ1) is 16.7. The van der Waals surface area contributed by atoms with Crippen LogP contribution in [-0.4, -0.2) is 29.6 Å². The molecule has 0 fully saturated rings. The Balaban J connectivity index is 2.77. The van der Waals surface area contributed by atoms with Crippen LogP contribution in [0.3, 0.4) is 0 Å². The molecule has 6 heteroatoms. The standard InChI is InChI=1S/C15H17FN2O3/c1-10(8-14(17)20)18-15(21)12-6-5-11(13(16)9-12)4-2-3-7-19/h5-6,9-10,19H,3,7-8H2,1H3,(H2,17,20)(H,18,21). The number of nitrogens with one attached hydrogen (secondary N) is 1. The summed E-state index contributed by atoms with van der Waals surface area (Å²) in [6.45, 7) is 1.54. The molecular weight excluding hydrogens is 275 g/mol. The average Bonchev–Trinajstić information content (AvgIpc) is 2.39. The van der Waals surface area contributed by atoms with Crippen molar-refractivity contribution in [2.45, 2.75) is 25.8 Å². The quantitative estimate of drug-likeness (QED) is 0.692. The lowest BCUT2D eigenvalue weighted by Crippen LogP contribution is -2.35. The number of rotatable bonds is 5. The van der Waals surface area contributed by atoms with Crippen LogP contribution in [0.5, 0.6) is 0 Å². The molecule has 0 radical (unpaired) electrons. The van der Waals surface area contributed by atoms with E-state index in [-0.39, 0.29) is 30.6 Å². The number of amides is 2. The monoisotopic (exact) mass is 292 g/mol. The number of hydrogen-bond donors (Lipinski definition) is 3. The van der Waals surface area contributed by atoms with Crippen molar-refractivity contribution in [2.75, 3.05) is 6.61 Å². The topological polar surface area (TPSA) is 92.4 Å². The predicted octanol–water partition coefficient (Wildman–Crippen LogP) is 0.553. The zero-order valence-corrected chi connectivity index (χ0v) is 11.6. The van der Waals surface area contributed by atoms with E-state index in [0.717, 1.165) is 6.07 Å². The van der Waals surface area contributed by atoms with Gasteiger partial charge in [0.05, 0.1) is 12.2 Å². The lowest BCUT2D eigenvalue weighted by molar-refractivity contribution is -0.118. The van der Waals surface area contributed by atoms with E-state index in [1.165, 1.54) is 12.1 Å². The third-order valence-electron chi connectivity index (χ3n) is 2.58. The lowest BCUT2D eigenvalue weighted by Gasteiger charge is -2.12. The number of carbonyl (C=O) groups excluding carboxylic acids is 2. The summed E-state index contributed by atoms with van der Waals surface area (Å²) in [5.41, 5.74) is 5.32. The van der Waals surface area contributed by atoms with Crippen molar-refractivity contribution in [1.29, 1.82) is 0 Å². The van der Waals surface area contributed by atoms with Crippen LogP contribution in [0.15, 0.2) is 18.2 Å². The summed E-state index contributed by atoms with van der Waals surface area (Å²) in [5, 5.41) is 11.1. The first-order valence-corrected chi connectivity index (χ1v) is 6.42. The summed E-state index contributed by atoms with van der Waals surface area (Å²) in [4.78, 5) is 22.6. The van der Waals surface area contributed by atoms with Crippen molar-refractivity contribution in [3.05, 3.63) is 35.1 Å². The van der Waals surface area contributed by atoms with Gasteiger partial charge in [-0.15, -0.1) is 0 Å². The van der Waals surface area contributed by atoms with Crippen LogP contribution in [0.4, 0.5) is 4.39 Å². The van der Waals surface area contributed by atoms with E-state index in [2.05, 4.69) is 17.2 Å². The fourth-order valence-electron chi connectivity index (χ4n) is 1.63. The van der Waals surface area contributed by atoms with E-state index < -0.39 is 23.7 Å². The van der Waals surface area contributed by atoms with Gasteiger partial charge < -0.3 is 16.2 Å². The van der Waals surface area contributed by atoms with Crippen molar-refractivity contribution in [2.24, 2.45) is 5.73 Å². The van der Waals surface area contributed by atoms with Crippen LogP contribution in [0.1, 0.15) is 35.7 Å². The van der Waals surface area contributed by atoms with E-state index in [1.54, 1.807) is 6.92 Å². The highest BCUT2D eigenvalue weighted by atomic mass is 19.1. The molecule has 21 heavy (non-hydrogen) atoms. The van der Waals surface area contributed by atoms with Crippen molar-refractivity contribution in [3.63, 3.8) is 0 Å². The van der Waals surface area contributed by atoms with Crippen molar-refractivity contribution >= 4 is 11.8 Å². The molecule has 4 N–H and O–H groups in total. The molecule has 0 aromatic heterocycles. The summed E-state index contributed by atoms with van der Waals surface area (Å²) in [6.07, 6.45) is 0.269. The summed E-state index contributed by atoms with van der Waals surface area (Å²) in [6, 6.07) is 3.49. The molecule has 1 aromatic carbocycles. The van der Waals surface area contributed by atoms with Gasteiger partial charge in [0.1, 0.15) is 5.82 Å². The van der Waals surface area contributed by atoms with Gasteiger partial charge in [-0.05, 0) is 25.1 Å². The Morgan fingerprint density at radius 3 is 2.76 bits per heavy atom. The number of carbonyl (C=O) groups is 2. The van der Waals surface area contributed by atoms with Gasteiger partial charge in [-0.25, -0.2) is 4.39 Å². The molecule has 1 unspecified atom stereocenters. The number of nitrogens with two attached hydrogens (primary N) is 1. The molecule has 0 aliphatic carbocycles. The minimum atomic E-state index is -0.615. The molecule has 0 aliphatic heterocycles. The Labute approximate surface area is 122 Å². The van der Waals surface area contributed by atoms with Crippen LogP contribution >= 0.6 is 0 Å². The number of primary amides is 1. The van der Waals surface area contributed by atoms with E-state index >= 15 is 0 Å². The first-order chi connectivity index (χ1) is 9.93. The highest BCUT2D eigenvalue weighted by molar-refractivity contribution is 5.94. The zero-order chi connectivity index (χ0) is 15.8. The first-order valence-electron chi connectivity index (χ1n) is 6.42. The van der Waals surface area contributed by atoms with Crippen molar-refractivity contribution in [3.8, 4) is 11.8 Å². The molecular formula is C15H17FN2O3. The minimum absolute atomic E-state index is 0.0128. The molecule has 112 valence electrons. The van der Waals surface area contributed by atoms with Crippen LogP contribution in [0.2, 0.25) is 0 Å². The Morgan fingerprint density at radius 2 is 2.19 bits per heavy atom. The van der Waals surface area contributed by atoms with Gasteiger partial charge in [0.25, 0.3) is 5.91 Å². The fourth-order valence-corrected chi connectivity index (χ4v) is 1.63. The van der Waals surface area contributed by atoms with Crippen molar-refractivity contribution in [1.82, 2.24) is 5.32 Å². The van der Waals surface area contributed by atoms with Gasteiger partial charge in [-0.1, -0.05) is 11.8 Å². The van der Waals surface area contributed by atoms with Crippen LogP contribution in [-0.2, 0) is 4.79 Å². The predicted molar refractivity (Wildman–Crippen MR) is 75.7 cm³/mol. The molecule has 1 aromatic rings. The van der Waals surface area contributed by atoms with E-state index in [1.807, 2.05) is 0 Å². The Morgan fingerprint density at radius 1 is 1.48 bits per heavy atom. The molecule has 0 saturated heterocycles. The van der Waals surface area contributed by atoms with Gasteiger partial charge in [0, 0.05) is 24.4 Å². The molecule has 5 nitrogen and oxygen atoms in total. The third-order valence-corrected chi connectivity index (χ3v) is 2.58. The minimum Gasteiger partial charge on any atom is -0.395 e. The zero-order valence-electron chi connectivity index (χ0n) is 11.6. The average molecular weight is 292 g/mol. The largest absolute Gasteiger partial charge is 0.395 e. The fraction of sp³-hybridized carbons (Fsp3) is 0.333. The van der Waals surface area contributed by atoms with Gasteiger partial charge in [-0.3, -0.25) is 9.59 Å².